The summed E-state index contributed by atoms with van der Waals surface area (Å²) >= 11 is 0. The highest BCUT2D eigenvalue weighted by molar-refractivity contribution is 5.84. The average molecular weight is 146 g/mol. The molecule has 2 aromatic heterocycles. The lowest BCUT2D eigenvalue weighted by Gasteiger charge is -1.92. The fraction of sp³-hybridized carbons (Fsp3) is 0.222. The Labute approximate surface area is 65.5 Å². The summed E-state index contributed by atoms with van der Waals surface area (Å²) in [6, 6.07) is 2.05. The lowest BCUT2D eigenvalue weighted by Crippen LogP contribution is -1.85. The largest absolute Gasteiger partial charge is 0.353 e. The van der Waals surface area contributed by atoms with Crippen molar-refractivity contribution in [2.24, 2.45) is 7.05 Å². The van der Waals surface area contributed by atoms with Crippen LogP contribution in [0.1, 0.15) is 5.69 Å². The first-order valence-electron chi connectivity index (χ1n) is 3.64. The van der Waals surface area contributed by atoms with E-state index in [9.17, 15) is 0 Å². The van der Waals surface area contributed by atoms with Crippen molar-refractivity contribution in [3.8, 4) is 0 Å². The molecule has 2 heterocycles. The van der Waals surface area contributed by atoms with Crippen LogP contribution in [0.4, 0.5) is 0 Å². The van der Waals surface area contributed by atoms with Crippen LogP contribution in [-0.4, -0.2) is 9.55 Å². The fourth-order valence-electron chi connectivity index (χ4n) is 1.33. The van der Waals surface area contributed by atoms with Crippen LogP contribution in [0.2, 0.25) is 0 Å². The van der Waals surface area contributed by atoms with Gasteiger partial charge in [-0.1, -0.05) is 0 Å². The molecule has 0 saturated heterocycles. The van der Waals surface area contributed by atoms with Gasteiger partial charge in [-0.25, -0.2) is 0 Å². The Bertz CT molecular complexity index is 387. The molecule has 0 atom stereocenters. The van der Waals surface area contributed by atoms with Gasteiger partial charge in [0.15, 0.2) is 0 Å². The molecule has 0 aliphatic heterocycles. The summed E-state index contributed by atoms with van der Waals surface area (Å²) < 4.78 is 2.12. The maximum Gasteiger partial charge on any atom is 0.0361 e. The van der Waals surface area contributed by atoms with Gasteiger partial charge in [0.2, 0.25) is 0 Å². The van der Waals surface area contributed by atoms with E-state index in [4.69, 9.17) is 0 Å². The van der Waals surface area contributed by atoms with Gasteiger partial charge in [-0.05, 0) is 13.0 Å². The Morgan fingerprint density at radius 1 is 1.45 bits per heavy atom. The molecule has 2 rings (SSSR count). The van der Waals surface area contributed by atoms with E-state index in [2.05, 4.69) is 29.7 Å². The first-order chi connectivity index (χ1) is 5.29. The summed E-state index contributed by atoms with van der Waals surface area (Å²) in [6.07, 6.45) is 5.81. The van der Waals surface area contributed by atoms with E-state index in [0.29, 0.717) is 0 Å². The maximum atomic E-state index is 4.05. The Balaban J connectivity index is 2.92. The Kier molecular flexibility index (Phi) is 1.22. The topological polar surface area (TPSA) is 17.8 Å². The first kappa shape index (κ1) is 6.40. The van der Waals surface area contributed by atoms with Crippen LogP contribution in [0.3, 0.4) is 0 Å². The molecule has 2 nitrogen and oxygen atoms in total. The van der Waals surface area contributed by atoms with Crippen molar-refractivity contribution >= 4 is 10.8 Å². The molecule has 0 unspecified atom stereocenters. The molecular formula is C9H10N2. The second-order valence-corrected chi connectivity index (χ2v) is 2.79. The van der Waals surface area contributed by atoms with E-state index in [0.717, 1.165) is 0 Å². The molecule has 2 heteroatoms. The van der Waals surface area contributed by atoms with Gasteiger partial charge in [0, 0.05) is 42.1 Å². The molecule has 0 aliphatic rings. The Morgan fingerprint density at radius 2 is 2.27 bits per heavy atom. The van der Waals surface area contributed by atoms with E-state index in [1.807, 2.05) is 18.5 Å². The normalized spacial score (nSPS) is 10.7. The highest BCUT2D eigenvalue weighted by Gasteiger charge is 1.99. The van der Waals surface area contributed by atoms with Crippen LogP contribution < -0.4 is 0 Å². The number of pyridine rings is 1. The van der Waals surface area contributed by atoms with Crippen LogP contribution in [0.15, 0.2) is 24.7 Å². The van der Waals surface area contributed by atoms with Crippen molar-refractivity contribution in [3.05, 3.63) is 30.4 Å². The molecule has 0 radical (unpaired) electrons. The van der Waals surface area contributed by atoms with Gasteiger partial charge < -0.3 is 4.57 Å². The van der Waals surface area contributed by atoms with E-state index >= 15 is 0 Å². The highest BCUT2D eigenvalue weighted by Crippen LogP contribution is 2.17. The smallest absolute Gasteiger partial charge is 0.0361 e. The van der Waals surface area contributed by atoms with Crippen LogP contribution >= 0.6 is 0 Å². The lowest BCUT2D eigenvalue weighted by molar-refractivity contribution is 0.889. The van der Waals surface area contributed by atoms with Crippen molar-refractivity contribution in [2.75, 3.05) is 0 Å². The summed E-state index contributed by atoms with van der Waals surface area (Å²) in [7, 11) is 2.05. The molecule has 0 saturated carbocycles. The van der Waals surface area contributed by atoms with Gasteiger partial charge in [-0.15, -0.1) is 0 Å². The Morgan fingerprint density at radius 3 is 3.00 bits per heavy atom. The highest BCUT2D eigenvalue weighted by atomic mass is 14.9. The number of aryl methyl sites for hydroxylation is 2. The number of hydrogen-bond donors (Lipinski definition) is 0. The summed E-state index contributed by atoms with van der Waals surface area (Å²) in [5.74, 6) is 0. The predicted octanol–water partition coefficient (Wildman–Crippen LogP) is 1.88. The number of rotatable bonds is 0. The molecule has 0 amide bonds. The number of aromatic nitrogens is 2. The number of fused-ring (bicyclic) bond motifs is 1. The van der Waals surface area contributed by atoms with Gasteiger partial charge in [-0.3, -0.25) is 4.98 Å². The zero-order valence-electron chi connectivity index (χ0n) is 6.70. The average Bonchev–Trinajstić information content (AvgIpc) is 2.30. The van der Waals surface area contributed by atoms with Gasteiger partial charge >= 0.3 is 0 Å². The van der Waals surface area contributed by atoms with Crippen molar-refractivity contribution in [2.45, 2.75) is 6.92 Å². The van der Waals surface area contributed by atoms with Crippen LogP contribution in [0, 0.1) is 6.92 Å². The quantitative estimate of drug-likeness (QED) is 0.555. The van der Waals surface area contributed by atoms with Crippen LogP contribution in [0.25, 0.3) is 10.8 Å². The summed E-state index contributed by atoms with van der Waals surface area (Å²) in [6.45, 7) is 2.11. The molecule has 0 aromatic carbocycles. The van der Waals surface area contributed by atoms with Crippen LogP contribution in [-0.2, 0) is 7.05 Å². The summed E-state index contributed by atoms with van der Waals surface area (Å²) in [4.78, 5) is 4.05. The minimum atomic E-state index is 1.22. The van der Waals surface area contributed by atoms with Gasteiger partial charge in [0.1, 0.15) is 0 Å². The van der Waals surface area contributed by atoms with E-state index < -0.39 is 0 Å². The zero-order chi connectivity index (χ0) is 7.84. The molecule has 2 aromatic rings. The zero-order valence-corrected chi connectivity index (χ0v) is 6.70. The summed E-state index contributed by atoms with van der Waals surface area (Å²) in [5.41, 5.74) is 1.29. The molecule has 0 bridgehead atoms. The second-order valence-electron chi connectivity index (χ2n) is 2.79. The van der Waals surface area contributed by atoms with Crippen molar-refractivity contribution in [1.29, 1.82) is 0 Å². The summed E-state index contributed by atoms with van der Waals surface area (Å²) in [5, 5.41) is 2.51. The molecule has 56 valence electrons. The van der Waals surface area contributed by atoms with Gasteiger partial charge in [-0.2, -0.15) is 0 Å². The SMILES string of the molecule is Cc1c2ccncc2cn1C. The van der Waals surface area contributed by atoms with Crippen molar-refractivity contribution < 1.29 is 0 Å². The van der Waals surface area contributed by atoms with E-state index in [1.165, 1.54) is 16.5 Å². The molecule has 0 fully saturated rings. The van der Waals surface area contributed by atoms with E-state index in [-0.39, 0.29) is 0 Å². The van der Waals surface area contributed by atoms with Crippen molar-refractivity contribution in [3.63, 3.8) is 0 Å². The number of nitrogens with zero attached hydrogens (tertiary/aromatic N) is 2. The lowest BCUT2D eigenvalue weighted by atomic mass is 10.2. The van der Waals surface area contributed by atoms with Gasteiger partial charge in [0.05, 0.1) is 0 Å². The predicted molar refractivity (Wildman–Crippen MR) is 45.5 cm³/mol. The molecular weight excluding hydrogens is 136 g/mol. The first-order valence-corrected chi connectivity index (χ1v) is 3.64. The minimum absolute atomic E-state index is 1.22. The third-order valence-electron chi connectivity index (χ3n) is 2.10. The molecule has 0 aliphatic carbocycles. The van der Waals surface area contributed by atoms with E-state index in [1.54, 1.807) is 0 Å². The maximum absolute atomic E-state index is 4.05. The molecule has 0 N–H and O–H groups in total. The van der Waals surface area contributed by atoms with Crippen LogP contribution in [0.5, 0.6) is 0 Å². The third kappa shape index (κ3) is 0.827. The number of hydrogen-bond acceptors (Lipinski definition) is 1. The standard InChI is InChI=1S/C9H10N2/c1-7-9-3-4-10-5-8(9)6-11(7)2/h3-6H,1-2H3. The third-order valence-corrected chi connectivity index (χ3v) is 2.10. The Hall–Kier alpha value is -1.31. The fourth-order valence-corrected chi connectivity index (χ4v) is 1.33. The monoisotopic (exact) mass is 146 g/mol. The minimum Gasteiger partial charge on any atom is -0.353 e. The van der Waals surface area contributed by atoms with Crippen molar-refractivity contribution in [1.82, 2.24) is 9.55 Å². The molecule has 11 heavy (non-hydrogen) atoms. The van der Waals surface area contributed by atoms with Gasteiger partial charge in [0.25, 0.3) is 0 Å². The second kappa shape index (κ2) is 2.09. The molecule has 0 spiro atoms.